The van der Waals surface area contributed by atoms with Crippen molar-refractivity contribution in [2.45, 2.75) is 38.1 Å². The van der Waals surface area contributed by atoms with Gasteiger partial charge >= 0.3 is 0 Å². The number of nitrogens with zero attached hydrogens (tertiary/aromatic N) is 4. The zero-order chi connectivity index (χ0) is 23.8. The molecular formula is C25H31N7O2. The lowest BCUT2D eigenvalue weighted by atomic mass is 9.95. The summed E-state index contributed by atoms with van der Waals surface area (Å²) >= 11 is 0. The lowest BCUT2D eigenvalue weighted by Gasteiger charge is -2.23. The number of aliphatic hydroxyl groups excluding tert-OH is 1. The summed E-state index contributed by atoms with van der Waals surface area (Å²) in [6.45, 7) is 0.305. The smallest absolute Gasteiger partial charge is 0.227 e. The summed E-state index contributed by atoms with van der Waals surface area (Å²) < 4.78 is 5.59. The molecule has 0 amide bonds. The van der Waals surface area contributed by atoms with Crippen molar-refractivity contribution < 1.29 is 9.84 Å². The van der Waals surface area contributed by atoms with Crippen LogP contribution in [0.25, 0.3) is 16.5 Å². The van der Waals surface area contributed by atoms with Crippen molar-refractivity contribution in [2.75, 3.05) is 30.9 Å². The average molecular weight is 462 g/mol. The van der Waals surface area contributed by atoms with Crippen molar-refractivity contribution >= 4 is 40.1 Å². The Morgan fingerprint density at radius 3 is 2.85 bits per heavy atom. The predicted octanol–water partition coefficient (Wildman–Crippen LogP) is 3.88. The van der Waals surface area contributed by atoms with Crippen LogP contribution >= 0.6 is 0 Å². The van der Waals surface area contributed by atoms with Crippen LogP contribution in [0.5, 0.6) is 5.75 Å². The minimum Gasteiger partial charge on any atom is -0.495 e. The van der Waals surface area contributed by atoms with E-state index in [4.69, 9.17) is 20.6 Å². The van der Waals surface area contributed by atoms with Crippen molar-refractivity contribution in [2.24, 2.45) is 10.7 Å². The number of rotatable bonds is 9. The fourth-order valence-corrected chi connectivity index (χ4v) is 4.09. The maximum absolute atomic E-state index is 8.93. The first-order valence-corrected chi connectivity index (χ1v) is 11.6. The van der Waals surface area contributed by atoms with Gasteiger partial charge in [0.2, 0.25) is 5.95 Å². The van der Waals surface area contributed by atoms with Crippen LogP contribution in [-0.4, -0.2) is 52.6 Å². The van der Waals surface area contributed by atoms with E-state index in [9.17, 15) is 0 Å². The number of methoxy groups -OCH3 is 1. The van der Waals surface area contributed by atoms with Gasteiger partial charge in [0.25, 0.3) is 0 Å². The third-order valence-corrected chi connectivity index (χ3v) is 5.87. The Hall–Kier alpha value is -3.72. The number of ether oxygens (including phenoxy) is 1. The van der Waals surface area contributed by atoms with E-state index in [2.05, 4.69) is 25.6 Å². The lowest BCUT2D eigenvalue weighted by molar-refractivity contribution is 0.307. The number of fused-ring (bicyclic) bond motifs is 1. The number of aliphatic hydroxyl groups is 1. The van der Waals surface area contributed by atoms with Crippen LogP contribution in [0.2, 0.25) is 0 Å². The molecule has 4 rings (SSSR count). The molecule has 9 nitrogen and oxygen atoms in total. The molecule has 178 valence electrons. The molecule has 1 aliphatic rings. The maximum Gasteiger partial charge on any atom is 0.227 e. The largest absolute Gasteiger partial charge is 0.495 e. The molecule has 0 saturated heterocycles. The molecule has 5 N–H and O–H groups in total. The van der Waals surface area contributed by atoms with Crippen LogP contribution in [0.3, 0.4) is 0 Å². The molecular weight excluding hydrogens is 430 g/mol. The van der Waals surface area contributed by atoms with Gasteiger partial charge in [-0.15, -0.1) is 0 Å². The normalized spacial score (nSPS) is 15.1. The molecule has 2 aromatic heterocycles. The molecule has 0 aliphatic heterocycles. The summed E-state index contributed by atoms with van der Waals surface area (Å²) in [6.07, 6.45) is 12.8. The Balaban J connectivity index is 1.58. The summed E-state index contributed by atoms with van der Waals surface area (Å²) in [5.74, 6) is 1.86. The van der Waals surface area contributed by atoms with Gasteiger partial charge < -0.3 is 26.2 Å². The summed E-state index contributed by atoms with van der Waals surface area (Å²) in [4.78, 5) is 17.9. The van der Waals surface area contributed by atoms with Gasteiger partial charge in [0.1, 0.15) is 11.3 Å². The SMILES string of the molecule is COc1cc(C(C=NCCO)=CN)ccc1Nc1ncc2ccnc(NC3CCCCC3)c2n1. The number of hydrogen-bond donors (Lipinski definition) is 4. The second-order valence-corrected chi connectivity index (χ2v) is 8.19. The number of nitrogens with one attached hydrogen (secondary N) is 2. The van der Waals surface area contributed by atoms with Crippen LogP contribution in [-0.2, 0) is 0 Å². The Morgan fingerprint density at radius 2 is 2.09 bits per heavy atom. The number of benzene rings is 1. The molecule has 0 bridgehead atoms. The molecule has 3 aromatic rings. The summed E-state index contributed by atoms with van der Waals surface area (Å²) in [5, 5.41) is 16.7. The highest BCUT2D eigenvalue weighted by Gasteiger charge is 2.16. The molecule has 0 unspecified atom stereocenters. The lowest BCUT2D eigenvalue weighted by Crippen LogP contribution is -2.23. The van der Waals surface area contributed by atoms with Crippen LogP contribution in [0, 0.1) is 0 Å². The highest BCUT2D eigenvalue weighted by atomic mass is 16.5. The third kappa shape index (κ3) is 5.60. The first-order valence-electron chi connectivity index (χ1n) is 11.6. The van der Waals surface area contributed by atoms with E-state index in [-0.39, 0.29) is 6.61 Å². The summed E-state index contributed by atoms with van der Waals surface area (Å²) in [7, 11) is 1.60. The number of hydrogen-bond acceptors (Lipinski definition) is 9. The number of pyridine rings is 1. The van der Waals surface area contributed by atoms with Gasteiger partial charge in [0.05, 0.1) is 25.9 Å². The minimum atomic E-state index is -0.0142. The molecule has 1 saturated carbocycles. The van der Waals surface area contributed by atoms with Crippen molar-refractivity contribution in [3.63, 3.8) is 0 Å². The van der Waals surface area contributed by atoms with Crippen molar-refractivity contribution in [3.05, 3.63) is 48.4 Å². The van der Waals surface area contributed by atoms with Crippen LogP contribution in [0.1, 0.15) is 37.7 Å². The molecule has 1 aliphatic carbocycles. The molecule has 0 radical (unpaired) electrons. The van der Waals surface area contributed by atoms with Crippen molar-refractivity contribution in [1.82, 2.24) is 15.0 Å². The van der Waals surface area contributed by atoms with E-state index in [1.165, 1.54) is 25.5 Å². The molecule has 1 fully saturated rings. The summed E-state index contributed by atoms with van der Waals surface area (Å²) in [6, 6.07) is 8.00. The molecule has 0 spiro atoms. The number of allylic oxidation sites excluding steroid dienone is 1. The number of nitrogens with two attached hydrogens (primary N) is 1. The third-order valence-electron chi connectivity index (χ3n) is 5.87. The Labute approximate surface area is 199 Å². The Kier molecular flexibility index (Phi) is 7.87. The Morgan fingerprint density at radius 1 is 1.24 bits per heavy atom. The van der Waals surface area contributed by atoms with E-state index in [1.54, 1.807) is 25.7 Å². The number of aromatic nitrogens is 3. The van der Waals surface area contributed by atoms with Crippen LogP contribution < -0.4 is 21.1 Å². The Bertz CT molecular complexity index is 1170. The van der Waals surface area contributed by atoms with E-state index in [1.807, 2.05) is 24.3 Å². The zero-order valence-corrected chi connectivity index (χ0v) is 19.4. The topological polar surface area (TPSA) is 131 Å². The van der Waals surface area contributed by atoms with Crippen molar-refractivity contribution in [3.8, 4) is 5.75 Å². The van der Waals surface area contributed by atoms with E-state index < -0.39 is 0 Å². The fourth-order valence-electron chi connectivity index (χ4n) is 4.09. The molecule has 34 heavy (non-hydrogen) atoms. The number of anilines is 3. The van der Waals surface area contributed by atoms with Gasteiger partial charge in [-0.3, -0.25) is 4.99 Å². The van der Waals surface area contributed by atoms with E-state index in [0.29, 0.717) is 24.3 Å². The predicted molar refractivity (Wildman–Crippen MR) is 137 cm³/mol. The highest BCUT2D eigenvalue weighted by Crippen LogP contribution is 2.31. The van der Waals surface area contributed by atoms with Crippen LogP contribution in [0.4, 0.5) is 17.5 Å². The fraction of sp³-hybridized carbons (Fsp3) is 0.360. The zero-order valence-electron chi connectivity index (χ0n) is 19.4. The first kappa shape index (κ1) is 23.4. The average Bonchev–Trinajstić information content (AvgIpc) is 2.88. The van der Waals surface area contributed by atoms with Gasteiger partial charge in [-0.05, 0) is 36.6 Å². The maximum atomic E-state index is 8.93. The van der Waals surface area contributed by atoms with Crippen LogP contribution in [0.15, 0.2) is 47.9 Å². The van der Waals surface area contributed by atoms with E-state index in [0.717, 1.165) is 46.4 Å². The monoisotopic (exact) mass is 461 g/mol. The van der Waals surface area contributed by atoms with Gasteiger partial charge in [-0.2, -0.15) is 0 Å². The van der Waals surface area contributed by atoms with Crippen molar-refractivity contribution in [1.29, 1.82) is 0 Å². The summed E-state index contributed by atoms with van der Waals surface area (Å²) in [5.41, 5.74) is 8.85. The highest BCUT2D eigenvalue weighted by molar-refractivity contribution is 6.09. The van der Waals surface area contributed by atoms with Gasteiger partial charge in [0.15, 0.2) is 5.82 Å². The van der Waals surface area contributed by atoms with Gasteiger partial charge in [-0.25, -0.2) is 15.0 Å². The second kappa shape index (κ2) is 11.4. The quantitative estimate of drug-likeness (QED) is 0.353. The standard InChI is InChI=1S/C25H31N7O2/c1-34-22-13-17(19(14-26)15-27-11-12-33)7-8-21(22)31-25-29-16-18-9-10-28-24(23(18)32-25)30-20-5-3-2-4-6-20/h7-10,13-16,20,33H,2-6,11-12,26H2,1H3,(H,28,30)(H,29,31,32). The minimum absolute atomic E-state index is 0.0142. The molecule has 0 atom stereocenters. The molecule has 1 aromatic carbocycles. The van der Waals surface area contributed by atoms with Gasteiger partial charge in [0, 0.05) is 41.8 Å². The second-order valence-electron chi connectivity index (χ2n) is 8.19. The van der Waals surface area contributed by atoms with Gasteiger partial charge in [-0.1, -0.05) is 25.3 Å². The van der Waals surface area contributed by atoms with E-state index >= 15 is 0 Å². The molecule has 2 heterocycles. The number of aliphatic imine (C=N–C) groups is 1. The molecule has 9 heteroatoms. The first-order chi connectivity index (χ1) is 16.7.